The number of hydrogen-bond acceptors (Lipinski definition) is 6. The van der Waals surface area contributed by atoms with Crippen molar-refractivity contribution in [2.45, 2.75) is 23.7 Å². The number of aliphatic hydroxyl groups is 1. The van der Waals surface area contributed by atoms with Crippen molar-refractivity contribution >= 4 is 11.8 Å². The van der Waals surface area contributed by atoms with E-state index in [0.717, 1.165) is 0 Å². The number of nitrogens with zero attached hydrogens (tertiary/aromatic N) is 2. The first-order valence-electron chi connectivity index (χ1n) is 5.59. The molecule has 0 fully saturated rings. The van der Waals surface area contributed by atoms with E-state index in [2.05, 4.69) is 29.2 Å². The lowest BCUT2D eigenvalue weighted by atomic mass is 10.2. The maximum Gasteiger partial charge on any atom is 0.256 e. The third-order valence-electron chi connectivity index (χ3n) is 2.44. The van der Waals surface area contributed by atoms with Crippen LogP contribution in [0.2, 0.25) is 0 Å². The minimum Gasteiger partial charge on any atom is -0.382 e. The van der Waals surface area contributed by atoms with Gasteiger partial charge in [0.15, 0.2) is 5.82 Å². The van der Waals surface area contributed by atoms with Gasteiger partial charge in [0.2, 0.25) is 0 Å². The van der Waals surface area contributed by atoms with E-state index in [1.807, 2.05) is 12.1 Å². The van der Waals surface area contributed by atoms with Crippen molar-refractivity contribution in [2.24, 2.45) is 5.73 Å². The minimum absolute atomic E-state index is 0.0760. The summed E-state index contributed by atoms with van der Waals surface area (Å²) in [5.74, 6) is 1.34. The number of nitrogens with two attached hydrogens (primary N) is 1. The molecule has 1 heterocycles. The Hall–Kier alpha value is -1.37. The van der Waals surface area contributed by atoms with Gasteiger partial charge in [-0.1, -0.05) is 23.4 Å². The fraction of sp³-hybridized carbons (Fsp3) is 0.333. The van der Waals surface area contributed by atoms with Gasteiger partial charge in [-0.15, -0.1) is 11.8 Å². The molecular weight excluding hydrogens is 250 g/mol. The van der Waals surface area contributed by atoms with E-state index in [-0.39, 0.29) is 12.4 Å². The molecule has 5 nitrogen and oxygen atoms in total. The smallest absolute Gasteiger partial charge is 0.256 e. The molecule has 0 spiro atoms. The lowest BCUT2D eigenvalue weighted by molar-refractivity contribution is 0.141. The number of aromatic nitrogens is 2. The molecule has 0 aliphatic carbocycles. The molecule has 1 unspecified atom stereocenters. The zero-order valence-electron chi connectivity index (χ0n) is 10.0. The van der Waals surface area contributed by atoms with Crippen LogP contribution in [0.4, 0.5) is 0 Å². The molecule has 6 heteroatoms. The van der Waals surface area contributed by atoms with Crippen LogP contribution in [0.1, 0.15) is 23.4 Å². The molecule has 0 bridgehead atoms. The largest absolute Gasteiger partial charge is 0.382 e. The van der Waals surface area contributed by atoms with Crippen LogP contribution in [-0.2, 0) is 5.75 Å². The van der Waals surface area contributed by atoms with Crippen LogP contribution in [0.25, 0.3) is 0 Å². The van der Waals surface area contributed by atoms with Crippen LogP contribution in [-0.4, -0.2) is 21.8 Å². The molecule has 1 atom stereocenters. The fourth-order valence-electron chi connectivity index (χ4n) is 1.42. The van der Waals surface area contributed by atoms with Gasteiger partial charge in [0.25, 0.3) is 5.89 Å². The summed E-state index contributed by atoms with van der Waals surface area (Å²) >= 11 is 1.63. The maximum atomic E-state index is 9.44. The molecule has 1 aromatic carbocycles. The Morgan fingerprint density at radius 1 is 1.44 bits per heavy atom. The second-order valence-electron chi connectivity index (χ2n) is 3.85. The van der Waals surface area contributed by atoms with E-state index < -0.39 is 6.10 Å². The van der Waals surface area contributed by atoms with Gasteiger partial charge >= 0.3 is 0 Å². The monoisotopic (exact) mass is 265 g/mol. The van der Waals surface area contributed by atoms with Crippen molar-refractivity contribution in [3.63, 3.8) is 0 Å². The Balaban J connectivity index is 1.98. The number of aryl methyl sites for hydroxylation is 1. The van der Waals surface area contributed by atoms with E-state index in [4.69, 9.17) is 10.3 Å². The summed E-state index contributed by atoms with van der Waals surface area (Å²) in [5.41, 5.74) is 6.53. The molecule has 0 amide bonds. The molecule has 0 saturated heterocycles. The summed E-state index contributed by atoms with van der Waals surface area (Å²) in [6.45, 7) is 2.13. The lowest BCUT2D eigenvalue weighted by Crippen LogP contribution is -2.11. The number of aliphatic hydroxyl groups excluding tert-OH is 1. The molecule has 2 rings (SSSR count). The van der Waals surface area contributed by atoms with E-state index in [9.17, 15) is 5.11 Å². The van der Waals surface area contributed by atoms with Gasteiger partial charge in [0.05, 0.1) is 5.75 Å². The van der Waals surface area contributed by atoms with Gasteiger partial charge in [0, 0.05) is 11.4 Å². The Morgan fingerprint density at radius 3 is 2.94 bits per heavy atom. The molecule has 0 aliphatic rings. The average Bonchev–Trinajstić information content (AvgIpc) is 2.86. The molecular formula is C12H15N3O2S. The van der Waals surface area contributed by atoms with Crippen LogP contribution in [0.3, 0.4) is 0 Å². The highest BCUT2D eigenvalue weighted by atomic mass is 32.2. The summed E-state index contributed by atoms with van der Waals surface area (Å²) in [4.78, 5) is 5.28. The van der Waals surface area contributed by atoms with Gasteiger partial charge in [-0.3, -0.25) is 0 Å². The Bertz CT molecular complexity index is 516. The number of rotatable bonds is 5. The van der Waals surface area contributed by atoms with Crippen molar-refractivity contribution < 1.29 is 9.63 Å². The van der Waals surface area contributed by atoms with Crippen LogP contribution in [0, 0.1) is 6.92 Å². The van der Waals surface area contributed by atoms with Crippen molar-refractivity contribution in [2.75, 3.05) is 6.54 Å². The van der Waals surface area contributed by atoms with Crippen molar-refractivity contribution in [3.05, 3.63) is 41.5 Å². The van der Waals surface area contributed by atoms with Gasteiger partial charge in [0.1, 0.15) is 6.10 Å². The molecule has 0 radical (unpaired) electrons. The van der Waals surface area contributed by atoms with Gasteiger partial charge < -0.3 is 15.4 Å². The van der Waals surface area contributed by atoms with Gasteiger partial charge in [-0.25, -0.2) is 0 Å². The zero-order valence-corrected chi connectivity index (χ0v) is 10.9. The topological polar surface area (TPSA) is 85.2 Å². The summed E-state index contributed by atoms with van der Waals surface area (Å²) in [7, 11) is 0. The third-order valence-corrected chi connectivity index (χ3v) is 3.61. The van der Waals surface area contributed by atoms with Crippen molar-refractivity contribution in [3.8, 4) is 0 Å². The van der Waals surface area contributed by atoms with Gasteiger partial charge in [-0.2, -0.15) is 4.98 Å². The van der Waals surface area contributed by atoms with Crippen molar-refractivity contribution in [1.29, 1.82) is 0 Å². The molecule has 3 N–H and O–H groups in total. The molecule has 2 aromatic rings. The first kappa shape index (κ1) is 13.1. The second-order valence-corrected chi connectivity index (χ2v) is 4.87. The van der Waals surface area contributed by atoms with E-state index in [1.165, 1.54) is 10.5 Å². The summed E-state index contributed by atoms with van der Waals surface area (Å²) < 4.78 is 4.93. The highest BCUT2D eigenvalue weighted by Gasteiger charge is 2.14. The second kappa shape index (κ2) is 5.99. The third kappa shape index (κ3) is 3.10. The van der Waals surface area contributed by atoms with Crippen LogP contribution < -0.4 is 5.73 Å². The number of hydrogen-bond donors (Lipinski definition) is 2. The minimum atomic E-state index is -0.880. The molecule has 0 aliphatic heterocycles. The van der Waals surface area contributed by atoms with Crippen LogP contribution in [0.5, 0.6) is 0 Å². The average molecular weight is 265 g/mol. The van der Waals surface area contributed by atoms with E-state index in [0.29, 0.717) is 11.6 Å². The van der Waals surface area contributed by atoms with Crippen LogP contribution in [0.15, 0.2) is 33.7 Å². The quantitative estimate of drug-likeness (QED) is 0.800. The predicted molar refractivity (Wildman–Crippen MR) is 69.1 cm³/mol. The Kier molecular flexibility index (Phi) is 4.35. The Morgan fingerprint density at radius 2 is 2.22 bits per heavy atom. The van der Waals surface area contributed by atoms with E-state index in [1.54, 1.807) is 11.8 Å². The normalized spacial score (nSPS) is 12.6. The Labute approximate surface area is 109 Å². The SMILES string of the molecule is Cc1ccccc1SCc1noc(C(O)CN)n1. The molecule has 18 heavy (non-hydrogen) atoms. The standard InChI is InChI=1S/C12H15N3O2S/c1-8-4-2-3-5-10(8)18-7-11-14-12(17-15-11)9(16)6-13/h2-5,9,16H,6-7,13H2,1H3. The number of benzene rings is 1. The lowest BCUT2D eigenvalue weighted by Gasteiger charge is -2.02. The highest BCUT2D eigenvalue weighted by molar-refractivity contribution is 7.98. The first-order chi connectivity index (χ1) is 8.70. The maximum absolute atomic E-state index is 9.44. The predicted octanol–water partition coefficient (Wildman–Crippen LogP) is 1.66. The van der Waals surface area contributed by atoms with Crippen molar-refractivity contribution in [1.82, 2.24) is 10.1 Å². The summed E-state index contributed by atoms with van der Waals surface area (Å²) in [5, 5.41) is 13.3. The molecule has 96 valence electrons. The van der Waals surface area contributed by atoms with Gasteiger partial charge in [-0.05, 0) is 18.6 Å². The molecule has 0 saturated carbocycles. The highest BCUT2D eigenvalue weighted by Crippen LogP contribution is 2.25. The van der Waals surface area contributed by atoms with E-state index >= 15 is 0 Å². The first-order valence-corrected chi connectivity index (χ1v) is 6.58. The van der Waals surface area contributed by atoms with Crippen LogP contribution >= 0.6 is 11.8 Å². The number of thioether (sulfide) groups is 1. The summed E-state index contributed by atoms with van der Waals surface area (Å²) in [6.07, 6.45) is -0.880. The fourth-order valence-corrected chi connectivity index (χ4v) is 2.30. The zero-order chi connectivity index (χ0) is 13.0. The molecule has 1 aromatic heterocycles. The summed E-state index contributed by atoms with van der Waals surface area (Å²) in [6, 6.07) is 8.11.